The maximum absolute atomic E-state index is 4.52. The predicted molar refractivity (Wildman–Crippen MR) is 74.7 cm³/mol. The molecule has 3 nitrogen and oxygen atoms in total. The molecule has 3 heteroatoms. The van der Waals surface area contributed by atoms with Crippen LogP contribution in [-0.4, -0.2) is 16.8 Å². The number of aryl methyl sites for hydroxylation is 3. The van der Waals surface area contributed by atoms with Crippen LogP contribution in [0.3, 0.4) is 0 Å². The van der Waals surface area contributed by atoms with Crippen molar-refractivity contribution in [2.45, 2.75) is 33.4 Å². The molecule has 1 aromatic carbocycles. The van der Waals surface area contributed by atoms with Gasteiger partial charge in [-0.3, -0.25) is 4.68 Å². The van der Waals surface area contributed by atoms with E-state index in [0.717, 1.165) is 12.2 Å². The second-order valence-electron chi connectivity index (χ2n) is 4.66. The molecule has 1 unspecified atom stereocenters. The highest BCUT2D eigenvalue weighted by Gasteiger charge is 2.16. The maximum Gasteiger partial charge on any atom is 0.0745 e. The van der Waals surface area contributed by atoms with Crippen molar-refractivity contribution >= 4 is 0 Å². The van der Waals surface area contributed by atoms with Crippen LogP contribution in [0.25, 0.3) is 0 Å². The van der Waals surface area contributed by atoms with Gasteiger partial charge in [0, 0.05) is 6.54 Å². The zero-order valence-corrected chi connectivity index (χ0v) is 11.6. The summed E-state index contributed by atoms with van der Waals surface area (Å²) in [6, 6.07) is 11.0. The Morgan fingerprint density at radius 3 is 2.44 bits per heavy atom. The van der Waals surface area contributed by atoms with Crippen molar-refractivity contribution in [2.75, 3.05) is 7.05 Å². The zero-order chi connectivity index (χ0) is 13.1. The fourth-order valence-corrected chi connectivity index (χ4v) is 2.30. The Balaban J connectivity index is 2.41. The Morgan fingerprint density at radius 1 is 1.22 bits per heavy atom. The predicted octanol–water partition coefficient (Wildman–Crippen LogP) is 2.83. The van der Waals surface area contributed by atoms with Crippen molar-refractivity contribution in [3.63, 3.8) is 0 Å². The van der Waals surface area contributed by atoms with E-state index in [9.17, 15) is 0 Å². The maximum atomic E-state index is 4.52. The van der Waals surface area contributed by atoms with Crippen LogP contribution in [0.4, 0.5) is 0 Å². The average molecular weight is 243 g/mol. The van der Waals surface area contributed by atoms with E-state index >= 15 is 0 Å². The molecule has 96 valence electrons. The summed E-state index contributed by atoms with van der Waals surface area (Å²) in [5.41, 5.74) is 4.85. The fourth-order valence-electron chi connectivity index (χ4n) is 2.30. The Bertz CT molecular complexity index is 511. The van der Waals surface area contributed by atoms with Crippen molar-refractivity contribution in [1.82, 2.24) is 15.1 Å². The molecule has 1 N–H and O–H groups in total. The van der Waals surface area contributed by atoms with Crippen LogP contribution in [0.5, 0.6) is 0 Å². The quantitative estimate of drug-likeness (QED) is 0.895. The van der Waals surface area contributed by atoms with E-state index in [1.165, 1.54) is 16.8 Å². The van der Waals surface area contributed by atoms with Gasteiger partial charge >= 0.3 is 0 Å². The number of nitrogens with one attached hydrogen (secondary N) is 1. The molecule has 0 spiro atoms. The first-order valence-electron chi connectivity index (χ1n) is 6.44. The normalized spacial score (nSPS) is 12.7. The van der Waals surface area contributed by atoms with Gasteiger partial charge in [-0.15, -0.1) is 0 Å². The molecule has 0 aliphatic rings. The Hall–Kier alpha value is -1.61. The molecule has 1 atom stereocenters. The monoisotopic (exact) mass is 243 g/mol. The van der Waals surface area contributed by atoms with Gasteiger partial charge in [-0.05, 0) is 39.4 Å². The molecule has 0 aliphatic heterocycles. The van der Waals surface area contributed by atoms with E-state index in [1.807, 2.05) is 14.0 Å². The number of hydrogen-bond donors (Lipinski definition) is 1. The summed E-state index contributed by atoms with van der Waals surface area (Å²) >= 11 is 0. The Kier molecular flexibility index (Phi) is 3.82. The average Bonchev–Trinajstić information content (AvgIpc) is 2.74. The lowest BCUT2D eigenvalue weighted by Crippen LogP contribution is -2.21. The molecule has 0 saturated heterocycles. The molecular formula is C15H21N3. The zero-order valence-electron chi connectivity index (χ0n) is 11.6. The summed E-state index contributed by atoms with van der Waals surface area (Å²) < 4.78 is 2.07. The summed E-state index contributed by atoms with van der Waals surface area (Å²) in [5.74, 6) is 0. The first kappa shape index (κ1) is 12.8. The van der Waals surface area contributed by atoms with E-state index in [-0.39, 0.29) is 6.04 Å². The third-order valence-electron chi connectivity index (χ3n) is 3.23. The number of aromatic nitrogens is 2. The van der Waals surface area contributed by atoms with Crippen LogP contribution >= 0.6 is 0 Å². The SMILES string of the molecule is CCn1nc(C)cc1C(NC)c1ccc(C)cc1. The van der Waals surface area contributed by atoms with Gasteiger partial charge in [0.05, 0.1) is 17.4 Å². The molecule has 1 aromatic heterocycles. The van der Waals surface area contributed by atoms with Crippen LogP contribution in [0.2, 0.25) is 0 Å². The Labute approximate surface area is 109 Å². The Morgan fingerprint density at radius 2 is 1.89 bits per heavy atom. The lowest BCUT2D eigenvalue weighted by Gasteiger charge is -2.18. The molecule has 0 saturated carbocycles. The molecule has 0 fully saturated rings. The minimum atomic E-state index is 0.201. The van der Waals surface area contributed by atoms with Gasteiger partial charge in [0.2, 0.25) is 0 Å². The molecule has 0 aliphatic carbocycles. The topological polar surface area (TPSA) is 29.9 Å². The van der Waals surface area contributed by atoms with E-state index in [1.54, 1.807) is 0 Å². The third-order valence-corrected chi connectivity index (χ3v) is 3.23. The number of benzene rings is 1. The van der Waals surface area contributed by atoms with Crippen molar-refractivity contribution in [2.24, 2.45) is 0 Å². The fraction of sp³-hybridized carbons (Fsp3) is 0.400. The van der Waals surface area contributed by atoms with Gasteiger partial charge in [0.25, 0.3) is 0 Å². The molecule has 18 heavy (non-hydrogen) atoms. The number of nitrogens with zero attached hydrogens (tertiary/aromatic N) is 2. The standard InChI is InChI=1S/C15H21N3/c1-5-18-14(10-12(3)17-18)15(16-4)13-8-6-11(2)7-9-13/h6-10,15-16H,5H2,1-4H3. The largest absolute Gasteiger partial charge is 0.308 e. The van der Waals surface area contributed by atoms with Gasteiger partial charge in [-0.1, -0.05) is 29.8 Å². The van der Waals surface area contributed by atoms with Crippen molar-refractivity contribution in [3.05, 3.63) is 52.8 Å². The summed E-state index contributed by atoms with van der Waals surface area (Å²) in [6.07, 6.45) is 0. The van der Waals surface area contributed by atoms with Gasteiger partial charge in [-0.2, -0.15) is 5.10 Å². The van der Waals surface area contributed by atoms with Gasteiger partial charge in [-0.25, -0.2) is 0 Å². The molecule has 1 heterocycles. The van der Waals surface area contributed by atoms with Crippen LogP contribution in [0, 0.1) is 13.8 Å². The van der Waals surface area contributed by atoms with Crippen molar-refractivity contribution < 1.29 is 0 Å². The molecule has 2 rings (SSSR count). The van der Waals surface area contributed by atoms with Gasteiger partial charge in [0.15, 0.2) is 0 Å². The highest BCUT2D eigenvalue weighted by Crippen LogP contribution is 2.22. The summed E-state index contributed by atoms with van der Waals surface area (Å²) in [6.45, 7) is 7.17. The summed E-state index contributed by atoms with van der Waals surface area (Å²) in [5, 5.41) is 7.90. The molecule has 0 bridgehead atoms. The highest BCUT2D eigenvalue weighted by molar-refractivity contribution is 5.31. The van der Waals surface area contributed by atoms with Crippen molar-refractivity contribution in [1.29, 1.82) is 0 Å². The van der Waals surface area contributed by atoms with Crippen LogP contribution in [-0.2, 0) is 6.54 Å². The second kappa shape index (κ2) is 5.36. The van der Waals surface area contributed by atoms with E-state index in [4.69, 9.17) is 0 Å². The number of rotatable bonds is 4. The van der Waals surface area contributed by atoms with Crippen LogP contribution < -0.4 is 5.32 Å². The van der Waals surface area contributed by atoms with E-state index < -0.39 is 0 Å². The highest BCUT2D eigenvalue weighted by atomic mass is 15.3. The van der Waals surface area contributed by atoms with Crippen molar-refractivity contribution in [3.8, 4) is 0 Å². The summed E-state index contributed by atoms with van der Waals surface area (Å²) in [4.78, 5) is 0. The lowest BCUT2D eigenvalue weighted by molar-refractivity contribution is 0.561. The molecule has 0 amide bonds. The minimum Gasteiger partial charge on any atom is -0.308 e. The molecule has 0 radical (unpaired) electrons. The molecule has 2 aromatic rings. The summed E-state index contributed by atoms with van der Waals surface area (Å²) in [7, 11) is 1.99. The van der Waals surface area contributed by atoms with E-state index in [2.05, 4.69) is 59.3 Å². The molecular weight excluding hydrogens is 222 g/mol. The minimum absolute atomic E-state index is 0.201. The second-order valence-corrected chi connectivity index (χ2v) is 4.66. The first-order chi connectivity index (χ1) is 8.65. The lowest BCUT2D eigenvalue weighted by atomic mass is 10.0. The van der Waals surface area contributed by atoms with Crippen LogP contribution in [0.15, 0.2) is 30.3 Å². The smallest absolute Gasteiger partial charge is 0.0745 e. The third kappa shape index (κ3) is 2.46. The van der Waals surface area contributed by atoms with Gasteiger partial charge < -0.3 is 5.32 Å². The van der Waals surface area contributed by atoms with E-state index in [0.29, 0.717) is 0 Å². The first-order valence-corrected chi connectivity index (χ1v) is 6.44. The van der Waals surface area contributed by atoms with Gasteiger partial charge in [0.1, 0.15) is 0 Å². The van der Waals surface area contributed by atoms with Crippen LogP contribution in [0.1, 0.15) is 35.5 Å². The number of hydrogen-bond acceptors (Lipinski definition) is 2.